The van der Waals surface area contributed by atoms with Crippen molar-refractivity contribution in [3.8, 4) is 0 Å². The molecule has 2 rings (SSSR count). The molecular weight excluding hydrogens is 285 g/mol. The van der Waals surface area contributed by atoms with Crippen LogP contribution in [0, 0.1) is 5.82 Å². The molecule has 0 unspecified atom stereocenters. The molecule has 1 aromatic carbocycles. The van der Waals surface area contributed by atoms with Crippen molar-refractivity contribution in [2.24, 2.45) is 0 Å². The highest BCUT2D eigenvalue weighted by molar-refractivity contribution is 5.94. The molecule has 1 fully saturated rings. The summed E-state index contributed by atoms with van der Waals surface area (Å²) in [5.74, 6) is -0.494. The maximum absolute atomic E-state index is 13.1. The zero-order chi connectivity index (χ0) is 16.1. The lowest BCUT2D eigenvalue weighted by molar-refractivity contribution is -0.121. The van der Waals surface area contributed by atoms with Gasteiger partial charge in [0.1, 0.15) is 5.82 Å². The minimum atomic E-state index is -0.364. The molecular formula is C16H24FN3O2. The van der Waals surface area contributed by atoms with E-state index in [-0.39, 0.29) is 30.4 Å². The van der Waals surface area contributed by atoms with Crippen molar-refractivity contribution in [3.05, 3.63) is 30.1 Å². The van der Waals surface area contributed by atoms with Crippen LogP contribution in [0.5, 0.6) is 0 Å². The molecule has 1 heterocycles. The van der Waals surface area contributed by atoms with Crippen LogP contribution in [0.4, 0.5) is 10.1 Å². The van der Waals surface area contributed by atoms with Gasteiger partial charge in [0.05, 0.1) is 12.6 Å². The molecule has 6 heteroatoms. The first-order valence-electron chi connectivity index (χ1n) is 7.66. The van der Waals surface area contributed by atoms with E-state index in [0.29, 0.717) is 5.69 Å². The molecule has 22 heavy (non-hydrogen) atoms. The summed E-state index contributed by atoms with van der Waals surface area (Å²) < 4.78 is 13.1. The van der Waals surface area contributed by atoms with Crippen LogP contribution < -0.4 is 5.32 Å². The summed E-state index contributed by atoms with van der Waals surface area (Å²) in [6, 6.07) is 5.79. The Labute approximate surface area is 130 Å². The quantitative estimate of drug-likeness (QED) is 0.857. The van der Waals surface area contributed by atoms with Crippen molar-refractivity contribution in [1.29, 1.82) is 0 Å². The molecule has 2 atom stereocenters. The Balaban J connectivity index is 1.86. The lowest BCUT2D eigenvalue weighted by atomic mass is 10.2. The number of hydrogen-bond acceptors (Lipinski definition) is 4. The summed E-state index contributed by atoms with van der Waals surface area (Å²) in [5, 5.41) is 11.9. The third-order valence-electron chi connectivity index (χ3n) is 4.26. The molecule has 0 radical (unpaired) electrons. The average Bonchev–Trinajstić information content (AvgIpc) is 2.53. The monoisotopic (exact) mass is 309 g/mol. The molecule has 1 aliphatic heterocycles. The molecule has 0 saturated carbocycles. The standard InChI is InChI=1S/C16H24FN3O2/c1-12(11-21)19-6-8-20(9-7-19)13(2)16(22)18-15-5-3-4-14(17)10-15/h3-5,10,12-13,21H,6-9,11H2,1-2H3,(H,18,22)/t12-,13+/m0/s1. The fourth-order valence-electron chi connectivity index (χ4n) is 2.66. The molecule has 1 aliphatic rings. The Morgan fingerprint density at radius 1 is 1.27 bits per heavy atom. The van der Waals surface area contributed by atoms with Gasteiger partial charge in [-0.3, -0.25) is 14.6 Å². The van der Waals surface area contributed by atoms with E-state index in [4.69, 9.17) is 0 Å². The first-order chi connectivity index (χ1) is 10.5. The number of aliphatic hydroxyl groups excluding tert-OH is 1. The number of aliphatic hydroxyl groups is 1. The van der Waals surface area contributed by atoms with Crippen molar-refractivity contribution >= 4 is 11.6 Å². The van der Waals surface area contributed by atoms with E-state index in [0.717, 1.165) is 26.2 Å². The molecule has 1 saturated heterocycles. The van der Waals surface area contributed by atoms with E-state index >= 15 is 0 Å². The zero-order valence-corrected chi connectivity index (χ0v) is 13.1. The summed E-state index contributed by atoms with van der Waals surface area (Å²) in [4.78, 5) is 16.6. The van der Waals surface area contributed by atoms with Crippen molar-refractivity contribution in [2.75, 3.05) is 38.1 Å². The van der Waals surface area contributed by atoms with Gasteiger partial charge in [0.2, 0.25) is 5.91 Å². The van der Waals surface area contributed by atoms with E-state index < -0.39 is 0 Å². The average molecular weight is 309 g/mol. The van der Waals surface area contributed by atoms with Gasteiger partial charge in [-0.05, 0) is 32.0 Å². The largest absolute Gasteiger partial charge is 0.395 e. The number of hydrogen-bond donors (Lipinski definition) is 2. The van der Waals surface area contributed by atoms with Gasteiger partial charge in [-0.25, -0.2) is 4.39 Å². The molecule has 1 amide bonds. The highest BCUT2D eigenvalue weighted by Gasteiger charge is 2.27. The third kappa shape index (κ3) is 4.25. The highest BCUT2D eigenvalue weighted by Crippen LogP contribution is 2.13. The van der Waals surface area contributed by atoms with Crippen LogP contribution in [0.2, 0.25) is 0 Å². The van der Waals surface area contributed by atoms with Gasteiger partial charge in [0, 0.05) is 37.9 Å². The minimum absolute atomic E-state index is 0.130. The van der Waals surface area contributed by atoms with Crippen LogP contribution >= 0.6 is 0 Å². The maximum Gasteiger partial charge on any atom is 0.241 e. The molecule has 122 valence electrons. The van der Waals surface area contributed by atoms with Gasteiger partial charge in [-0.2, -0.15) is 0 Å². The second kappa shape index (κ2) is 7.67. The predicted octanol–water partition coefficient (Wildman–Crippen LogP) is 1.15. The van der Waals surface area contributed by atoms with E-state index in [9.17, 15) is 14.3 Å². The number of anilines is 1. The summed E-state index contributed by atoms with van der Waals surface area (Å²) in [6.07, 6.45) is 0. The zero-order valence-electron chi connectivity index (χ0n) is 13.1. The second-order valence-corrected chi connectivity index (χ2v) is 5.78. The van der Waals surface area contributed by atoms with Crippen LogP contribution in [0.3, 0.4) is 0 Å². The third-order valence-corrected chi connectivity index (χ3v) is 4.26. The molecule has 0 bridgehead atoms. The number of nitrogens with one attached hydrogen (secondary N) is 1. The smallest absolute Gasteiger partial charge is 0.241 e. The summed E-state index contributed by atoms with van der Waals surface area (Å²) >= 11 is 0. The van der Waals surface area contributed by atoms with E-state index in [1.54, 1.807) is 12.1 Å². The van der Waals surface area contributed by atoms with Crippen molar-refractivity contribution in [2.45, 2.75) is 25.9 Å². The Hall–Kier alpha value is -1.50. The maximum atomic E-state index is 13.1. The molecule has 0 spiro atoms. The fourth-order valence-corrected chi connectivity index (χ4v) is 2.66. The molecule has 1 aromatic rings. The van der Waals surface area contributed by atoms with Crippen LogP contribution in [0.25, 0.3) is 0 Å². The predicted molar refractivity (Wildman–Crippen MR) is 84.2 cm³/mol. The fraction of sp³-hybridized carbons (Fsp3) is 0.562. The first kappa shape index (κ1) is 16.9. The van der Waals surface area contributed by atoms with Crippen LogP contribution in [0.1, 0.15) is 13.8 Å². The number of rotatable bonds is 5. The Bertz CT molecular complexity index is 504. The van der Waals surface area contributed by atoms with Gasteiger partial charge >= 0.3 is 0 Å². The number of amides is 1. The molecule has 0 aliphatic carbocycles. The lowest BCUT2D eigenvalue weighted by Crippen LogP contribution is -2.55. The van der Waals surface area contributed by atoms with Crippen LogP contribution in [-0.4, -0.2) is 65.7 Å². The van der Waals surface area contributed by atoms with Crippen LogP contribution in [-0.2, 0) is 4.79 Å². The van der Waals surface area contributed by atoms with Crippen molar-refractivity contribution in [1.82, 2.24) is 9.80 Å². The number of carbonyl (C=O) groups is 1. The summed E-state index contributed by atoms with van der Waals surface area (Å²) in [7, 11) is 0. The highest BCUT2D eigenvalue weighted by atomic mass is 19.1. The number of halogens is 1. The van der Waals surface area contributed by atoms with Gasteiger partial charge < -0.3 is 10.4 Å². The topological polar surface area (TPSA) is 55.8 Å². The molecule has 2 N–H and O–H groups in total. The lowest BCUT2D eigenvalue weighted by Gasteiger charge is -2.39. The van der Waals surface area contributed by atoms with Crippen LogP contribution in [0.15, 0.2) is 24.3 Å². The summed E-state index contributed by atoms with van der Waals surface area (Å²) in [6.45, 7) is 7.23. The first-order valence-corrected chi connectivity index (χ1v) is 7.66. The second-order valence-electron chi connectivity index (χ2n) is 5.78. The number of nitrogens with zero attached hydrogens (tertiary/aromatic N) is 2. The van der Waals surface area contributed by atoms with Gasteiger partial charge in [-0.1, -0.05) is 6.07 Å². The van der Waals surface area contributed by atoms with E-state index in [1.165, 1.54) is 12.1 Å². The number of benzene rings is 1. The van der Waals surface area contributed by atoms with Crippen molar-refractivity contribution in [3.63, 3.8) is 0 Å². The van der Waals surface area contributed by atoms with Gasteiger partial charge in [-0.15, -0.1) is 0 Å². The minimum Gasteiger partial charge on any atom is -0.395 e. The Morgan fingerprint density at radius 2 is 1.91 bits per heavy atom. The molecule has 0 aromatic heterocycles. The van der Waals surface area contributed by atoms with E-state index in [1.807, 2.05) is 13.8 Å². The van der Waals surface area contributed by atoms with Gasteiger partial charge in [0.25, 0.3) is 0 Å². The Kier molecular flexibility index (Phi) is 5.88. The molecule has 5 nitrogen and oxygen atoms in total. The number of piperazine rings is 1. The Morgan fingerprint density at radius 3 is 2.50 bits per heavy atom. The van der Waals surface area contributed by atoms with Crippen molar-refractivity contribution < 1.29 is 14.3 Å². The number of carbonyl (C=O) groups excluding carboxylic acids is 1. The van der Waals surface area contributed by atoms with E-state index in [2.05, 4.69) is 15.1 Å². The SMILES string of the molecule is C[C@H](C(=O)Nc1cccc(F)c1)N1CCN([C@@H](C)CO)CC1. The summed E-state index contributed by atoms with van der Waals surface area (Å²) in [5.41, 5.74) is 0.476. The van der Waals surface area contributed by atoms with Gasteiger partial charge in [0.15, 0.2) is 0 Å². The normalized spacial score (nSPS) is 19.6.